The third-order valence-electron chi connectivity index (χ3n) is 5.93. The molecule has 0 N–H and O–H groups in total. The third-order valence-corrected chi connectivity index (χ3v) is 5.93. The Morgan fingerprint density at radius 3 is 1.82 bits per heavy atom. The molecule has 5 rings (SSSR count). The van der Waals surface area contributed by atoms with E-state index < -0.39 is 20.8 Å². The summed E-state index contributed by atoms with van der Waals surface area (Å²) in [5.41, 5.74) is 9.17. The Morgan fingerprint density at radius 1 is 0.667 bits per heavy atom. The third kappa shape index (κ3) is 5.38. The van der Waals surface area contributed by atoms with Gasteiger partial charge in [-0.15, -0.1) is 34.5 Å². The van der Waals surface area contributed by atoms with Crippen LogP contribution >= 0.6 is 17.0 Å². The number of halogens is 2. The molecule has 0 saturated carbocycles. The molecule has 0 fully saturated rings. The van der Waals surface area contributed by atoms with E-state index in [2.05, 4.69) is 123 Å². The Balaban J connectivity index is 0.000000821. The molecule has 5 aromatic carbocycles. The Kier molecular flexibility index (Phi) is 8.31. The second-order valence-corrected chi connectivity index (χ2v) is 12.0. The van der Waals surface area contributed by atoms with Crippen LogP contribution in [0.5, 0.6) is 0 Å². The summed E-state index contributed by atoms with van der Waals surface area (Å²) in [6, 6.07) is 39.5. The van der Waals surface area contributed by atoms with Crippen LogP contribution in [0.2, 0.25) is 0 Å². The molecule has 0 amide bonds. The van der Waals surface area contributed by atoms with Crippen LogP contribution in [0.15, 0.2) is 109 Å². The molecular weight excluding hydrogens is 522 g/mol. The molecular formula is C30H25Cl2Zr-. The quantitative estimate of drug-likeness (QED) is 0.196. The fourth-order valence-corrected chi connectivity index (χ4v) is 4.45. The van der Waals surface area contributed by atoms with Gasteiger partial charge in [-0.2, -0.15) is 0 Å². The summed E-state index contributed by atoms with van der Waals surface area (Å²) < 4.78 is 0. The van der Waals surface area contributed by atoms with E-state index in [-0.39, 0.29) is 0 Å². The summed E-state index contributed by atoms with van der Waals surface area (Å²) >= 11 is -0.826. The molecule has 0 heterocycles. The molecule has 33 heavy (non-hydrogen) atoms. The van der Waals surface area contributed by atoms with E-state index in [1.54, 1.807) is 0 Å². The maximum atomic E-state index is 4.93. The summed E-state index contributed by atoms with van der Waals surface area (Å²) in [7, 11) is 9.87. The minimum absolute atomic E-state index is 0.448. The van der Waals surface area contributed by atoms with Crippen molar-refractivity contribution in [1.82, 2.24) is 0 Å². The summed E-state index contributed by atoms with van der Waals surface area (Å²) in [6.45, 7) is 4.58. The zero-order valence-electron chi connectivity index (χ0n) is 18.7. The molecule has 0 radical (unpaired) electrons. The van der Waals surface area contributed by atoms with Gasteiger partial charge in [-0.3, -0.25) is 0 Å². The molecule has 0 aliphatic rings. The van der Waals surface area contributed by atoms with E-state index in [0.717, 1.165) is 0 Å². The van der Waals surface area contributed by atoms with Gasteiger partial charge in [-0.05, 0) is 28.2 Å². The topological polar surface area (TPSA) is 0 Å². The summed E-state index contributed by atoms with van der Waals surface area (Å²) in [5.74, 6) is 0.448. The fraction of sp³-hybridized carbons (Fsp3) is 0.100. The molecule has 164 valence electrons. The van der Waals surface area contributed by atoms with Crippen LogP contribution in [-0.4, -0.2) is 0 Å². The van der Waals surface area contributed by atoms with Crippen LogP contribution in [0.4, 0.5) is 0 Å². The van der Waals surface area contributed by atoms with Crippen molar-refractivity contribution in [3.8, 4) is 33.4 Å². The van der Waals surface area contributed by atoms with Crippen molar-refractivity contribution >= 4 is 27.8 Å². The van der Waals surface area contributed by atoms with Gasteiger partial charge >= 0.3 is 37.9 Å². The van der Waals surface area contributed by atoms with Gasteiger partial charge in [-0.25, -0.2) is 0 Å². The predicted octanol–water partition coefficient (Wildman–Crippen LogP) is 10.1. The van der Waals surface area contributed by atoms with Crippen LogP contribution < -0.4 is 0 Å². The Morgan fingerprint density at radius 2 is 1.21 bits per heavy atom. The van der Waals surface area contributed by atoms with Crippen molar-refractivity contribution in [2.75, 3.05) is 0 Å². The summed E-state index contributed by atoms with van der Waals surface area (Å²) in [6.07, 6.45) is 0. The first-order valence-electron chi connectivity index (χ1n) is 11.0. The molecule has 0 aliphatic heterocycles. The van der Waals surface area contributed by atoms with Gasteiger partial charge in [0.2, 0.25) is 0 Å². The van der Waals surface area contributed by atoms with E-state index >= 15 is 0 Å². The molecule has 0 atom stereocenters. The van der Waals surface area contributed by atoms with Gasteiger partial charge in [0, 0.05) is 0 Å². The monoisotopic (exact) mass is 545 g/mol. The standard InChI is InChI=1S/C30H25.2ClH.Zr/c1-21(2)26-18-17-24-19-25(22-11-5-3-6-12-22)20-29(24)30(26)28-16-10-9-15-27(28)23-13-7-4-8-14-23;;;/h3-21H,1-2H3;2*1H;/q-1;;;+2/p-2. The second-order valence-electron chi connectivity index (χ2n) is 8.28. The van der Waals surface area contributed by atoms with E-state index in [0.29, 0.717) is 5.92 Å². The van der Waals surface area contributed by atoms with Gasteiger partial charge in [-0.1, -0.05) is 116 Å². The molecule has 3 heteroatoms. The first-order chi connectivity index (χ1) is 16.1. The van der Waals surface area contributed by atoms with Crippen molar-refractivity contribution in [2.24, 2.45) is 0 Å². The Hall–Kier alpha value is -2.05. The van der Waals surface area contributed by atoms with Gasteiger partial charge < -0.3 is 0 Å². The summed E-state index contributed by atoms with van der Waals surface area (Å²) in [5, 5.41) is 2.64. The van der Waals surface area contributed by atoms with Gasteiger partial charge in [0.05, 0.1) is 0 Å². The number of hydrogen-bond acceptors (Lipinski definition) is 0. The number of fused-ring (bicyclic) bond motifs is 1. The normalized spacial score (nSPS) is 10.7. The second kappa shape index (κ2) is 11.4. The van der Waals surface area contributed by atoms with Crippen molar-refractivity contribution in [1.29, 1.82) is 0 Å². The number of rotatable bonds is 4. The first kappa shape index (κ1) is 24.1. The first-order valence-corrected chi connectivity index (χ1v) is 17.4. The fourth-order valence-electron chi connectivity index (χ4n) is 4.45. The van der Waals surface area contributed by atoms with Gasteiger partial charge in [0.25, 0.3) is 0 Å². The van der Waals surface area contributed by atoms with Crippen molar-refractivity contribution in [2.45, 2.75) is 19.8 Å². The van der Waals surface area contributed by atoms with E-state index in [1.807, 2.05) is 0 Å². The molecule has 0 bridgehead atoms. The molecule has 0 saturated heterocycles. The van der Waals surface area contributed by atoms with Crippen molar-refractivity contribution in [3.05, 3.63) is 115 Å². The van der Waals surface area contributed by atoms with Crippen LogP contribution in [0.3, 0.4) is 0 Å². The van der Waals surface area contributed by atoms with E-state index in [1.165, 1.54) is 49.7 Å². The van der Waals surface area contributed by atoms with Crippen LogP contribution in [0.25, 0.3) is 44.2 Å². The zero-order chi connectivity index (χ0) is 23.2. The predicted molar refractivity (Wildman–Crippen MR) is 142 cm³/mol. The van der Waals surface area contributed by atoms with Crippen LogP contribution in [-0.2, 0) is 20.8 Å². The molecule has 0 aliphatic carbocycles. The Labute approximate surface area is 215 Å². The van der Waals surface area contributed by atoms with E-state index in [4.69, 9.17) is 17.0 Å². The van der Waals surface area contributed by atoms with Gasteiger partial charge in [0.1, 0.15) is 0 Å². The average molecular weight is 548 g/mol. The maximum absolute atomic E-state index is 4.93. The number of benzene rings is 4. The average Bonchev–Trinajstić information content (AvgIpc) is 3.29. The van der Waals surface area contributed by atoms with Gasteiger partial charge in [0.15, 0.2) is 0 Å². The van der Waals surface area contributed by atoms with Crippen LogP contribution in [0.1, 0.15) is 25.3 Å². The van der Waals surface area contributed by atoms with Crippen LogP contribution in [0, 0.1) is 0 Å². The van der Waals surface area contributed by atoms with Crippen molar-refractivity contribution < 1.29 is 20.8 Å². The van der Waals surface area contributed by atoms with E-state index in [9.17, 15) is 0 Å². The number of hydrogen-bond donors (Lipinski definition) is 0. The minimum atomic E-state index is -0.826. The molecule has 0 aromatic heterocycles. The molecule has 5 aromatic rings. The molecule has 0 unspecified atom stereocenters. The Bertz CT molecular complexity index is 1320. The molecule has 0 nitrogen and oxygen atoms in total. The zero-order valence-corrected chi connectivity index (χ0v) is 22.7. The SMILES string of the molecule is CC(C)c1ccc2[cH-]c(-c3ccccc3)cc2c1-c1ccccc1-c1ccccc1.[Cl][Zr][Cl]. The summed E-state index contributed by atoms with van der Waals surface area (Å²) in [4.78, 5) is 0. The molecule has 0 spiro atoms. The van der Waals surface area contributed by atoms with Crippen molar-refractivity contribution in [3.63, 3.8) is 0 Å².